The molecule has 0 atom stereocenters. The molecule has 8 nitrogen and oxygen atoms in total. The minimum Gasteiger partial charge on any atom is -0.475 e. The van der Waals surface area contributed by atoms with E-state index in [1.165, 1.54) is 25.0 Å². The van der Waals surface area contributed by atoms with E-state index < -0.39 is 12.1 Å². The topological polar surface area (TPSA) is 94.5 Å². The number of carboxylic acids is 1. The molecule has 186 valence electrons. The van der Waals surface area contributed by atoms with Crippen LogP contribution in [0, 0.1) is 5.82 Å². The maximum absolute atomic E-state index is 13.1. The van der Waals surface area contributed by atoms with Crippen LogP contribution in [0.4, 0.5) is 29.2 Å². The van der Waals surface area contributed by atoms with Crippen molar-refractivity contribution < 1.29 is 27.5 Å². The fourth-order valence-corrected chi connectivity index (χ4v) is 3.60. The third-order valence-electron chi connectivity index (χ3n) is 5.60. The Morgan fingerprint density at radius 1 is 1.03 bits per heavy atom. The predicted octanol–water partition coefficient (Wildman–Crippen LogP) is 3.69. The normalized spacial score (nSPS) is 16.5. The van der Waals surface area contributed by atoms with Crippen molar-refractivity contribution in [3.8, 4) is 0 Å². The lowest BCUT2D eigenvalue weighted by Crippen LogP contribution is -2.46. The molecule has 2 N–H and O–H groups in total. The second-order valence-electron chi connectivity index (χ2n) is 8.37. The Labute approximate surface area is 198 Å². The average molecular weight is 492 g/mol. The van der Waals surface area contributed by atoms with Crippen molar-refractivity contribution in [2.75, 3.05) is 36.4 Å². The molecule has 12 heteroatoms. The number of fused-ring (bicyclic) bond motifs is 1. The minimum absolute atomic E-state index is 0.186. The summed E-state index contributed by atoms with van der Waals surface area (Å²) < 4.78 is 44.8. The van der Waals surface area contributed by atoms with E-state index in [0.717, 1.165) is 61.0 Å². The second kappa shape index (κ2) is 10.4. The number of carboxylic acid groups (broad SMARTS) is 1. The van der Waals surface area contributed by atoms with Gasteiger partial charge in [0.05, 0.1) is 11.7 Å². The number of pyridine rings is 1. The Morgan fingerprint density at radius 2 is 1.69 bits per heavy atom. The van der Waals surface area contributed by atoms with Gasteiger partial charge >= 0.3 is 12.1 Å². The van der Waals surface area contributed by atoms with Crippen LogP contribution >= 0.6 is 0 Å². The van der Waals surface area contributed by atoms with Gasteiger partial charge in [-0.3, -0.25) is 9.88 Å². The number of aromatic nitrogens is 3. The fourth-order valence-electron chi connectivity index (χ4n) is 3.60. The molecule has 1 saturated heterocycles. The second-order valence-corrected chi connectivity index (χ2v) is 8.37. The van der Waals surface area contributed by atoms with Gasteiger partial charge in [-0.2, -0.15) is 13.2 Å². The molecule has 1 aliphatic heterocycles. The molecule has 3 aromatic rings. The lowest BCUT2D eigenvalue weighted by atomic mass is 10.2. The van der Waals surface area contributed by atoms with Crippen molar-refractivity contribution in [3.63, 3.8) is 0 Å². The van der Waals surface area contributed by atoms with E-state index in [1.807, 2.05) is 18.2 Å². The van der Waals surface area contributed by atoms with Crippen LogP contribution in [-0.2, 0) is 11.3 Å². The summed E-state index contributed by atoms with van der Waals surface area (Å²) in [7, 11) is 0. The minimum atomic E-state index is -5.08. The summed E-state index contributed by atoms with van der Waals surface area (Å²) in [5.74, 6) is -1.14. The molecular weight excluding hydrogens is 468 g/mol. The Balaban J connectivity index is 0.000000364. The number of nitrogens with zero attached hydrogens (tertiary/aromatic N) is 5. The number of hydrogen-bond donors (Lipinski definition) is 2. The third-order valence-corrected chi connectivity index (χ3v) is 5.60. The summed E-state index contributed by atoms with van der Waals surface area (Å²) in [5, 5.41) is 10.7. The maximum atomic E-state index is 13.1. The number of carbonyl (C=O) groups is 1. The summed E-state index contributed by atoms with van der Waals surface area (Å²) in [6.07, 6.45) is 0.839. The largest absolute Gasteiger partial charge is 0.490 e. The van der Waals surface area contributed by atoms with Crippen LogP contribution in [0.5, 0.6) is 0 Å². The van der Waals surface area contributed by atoms with E-state index in [4.69, 9.17) is 19.9 Å². The van der Waals surface area contributed by atoms with Crippen molar-refractivity contribution in [1.82, 2.24) is 19.9 Å². The number of anilines is 2. The van der Waals surface area contributed by atoms with Gasteiger partial charge in [0, 0.05) is 45.0 Å². The van der Waals surface area contributed by atoms with E-state index in [2.05, 4.69) is 20.1 Å². The molecule has 1 saturated carbocycles. The summed E-state index contributed by atoms with van der Waals surface area (Å²) in [4.78, 5) is 27.5. The molecule has 0 radical (unpaired) electrons. The van der Waals surface area contributed by atoms with Crippen molar-refractivity contribution in [2.45, 2.75) is 31.6 Å². The van der Waals surface area contributed by atoms with Crippen molar-refractivity contribution in [1.29, 1.82) is 0 Å². The van der Waals surface area contributed by atoms with Crippen molar-refractivity contribution >= 4 is 28.6 Å². The highest BCUT2D eigenvalue weighted by Gasteiger charge is 2.38. The molecule has 2 aliphatic rings. The monoisotopic (exact) mass is 492 g/mol. The Hall–Kier alpha value is -3.54. The summed E-state index contributed by atoms with van der Waals surface area (Å²) in [6, 6.07) is 9.21. The molecule has 2 aromatic heterocycles. The predicted molar refractivity (Wildman–Crippen MR) is 122 cm³/mol. The summed E-state index contributed by atoms with van der Waals surface area (Å²) >= 11 is 0. The number of halogens is 4. The van der Waals surface area contributed by atoms with Crippen molar-refractivity contribution in [2.24, 2.45) is 0 Å². The number of benzene rings is 1. The Bertz CT molecular complexity index is 1160. The van der Waals surface area contributed by atoms with Gasteiger partial charge in [0.15, 0.2) is 11.6 Å². The van der Waals surface area contributed by atoms with Gasteiger partial charge in [-0.05, 0) is 36.6 Å². The lowest BCUT2D eigenvalue weighted by Gasteiger charge is -2.36. The van der Waals surface area contributed by atoms with Crippen LogP contribution in [0.2, 0.25) is 0 Å². The molecule has 0 bridgehead atoms. The number of rotatable bonds is 5. The molecule has 1 aromatic carbocycles. The van der Waals surface area contributed by atoms with Gasteiger partial charge in [0.25, 0.3) is 0 Å². The van der Waals surface area contributed by atoms with Gasteiger partial charge in [-0.15, -0.1) is 0 Å². The van der Waals surface area contributed by atoms with Crippen LogP contribution in [-0.4, -0.2) is 69.3 Å². The lowest BCUT2D eigenvalue weighted by molar-refractivity contribution is -0.192. The van der Waals surface area contributed by atoms with Crippen LogP contribution in [0.1, 0.15) is 18.4 Å². The molecule has 3 heterocycles. The standard InChI is InChI=1S/C21H23FN6.C2HF3O2/c22-16-3-1-15(2-4-16)14-27-9-11-28(12-10-27)21-20(24-17-5-6-17)25-18-7-8-23-13-19(18)26-21;3-2(4,5)1(6)7/h1-4,7-8,13,17H,5-6,9-12,14H2,(H,24,25);(H,6,7). The average Bonchev–Trinajstić information content (AvgIpc) is 3.65. The SMILES string of the molecule is Fc1ccc(CN2CCN(c3nc4cnccc4nc3NC3CC3)CC2)cc1.O=C(O)C(F)(F)F. The zero-order valence-corrected chi connectivity index (χ0v) is 18.7. The molecule has 0 unspecified atom stereocenters. The highest BCUT2D eigenvalue weighted by molar-refractivity contribution is 5.80. The van der Waals surface area contributed by atoms with E-state index in [0.29, 0.717) is 6.04 Å². The summed E-state index contributed by atoms with van der Waals surface area (Å²) in [5.41, 5.74) is 2.84. The fraction of sp³-hybridized carbons (Fsp3) is 0.391. The number of hydrogen-bond acceptors (Lipinski definition) is 7. The van der Waals surface area contributed by atoms with Crippen LogP contribution in [0.15, 0.2) is 42.7 Å². The number of aliphatic carboxylic acids is 1. The number of nitrogens with one attached hydrogen (secondary N) is 1. The smallest absolute Gasteiger partial charge is 0.475 e. The first-order chi connectivity index (χ1) is 16.7. The summed E-state index contributed by atoms with van der Waals surface area (Å²) in [6.45, 7) is 4.50. The molecular formula is C23H24F4N6O2. The van der Waals surface area contributed by atoms with Gasteiger partial charge in [0.1, 0.15) is 11.3 Å². The van der Waals surface area contributed by atoms with E-state index in [1.54, 1.807) is 12.4 Å². The van der Waals surface area contributed by atoms with E-state index in [9.17, 15) is 17.6 Å². The van der Waals surface area contributed by atoms with Crippen LogP contribution in [0.25, 0.3) is 11.0 Å². The van der Waals surface area contributed by atoms with Gasteiger partial charge in [-0.25, -0.2) is 19.2 Å². The molecule has 2 fully saturated rings. The zero-order chi connectivity index (χ0) is 25.0. The molecule has 0 spiro atoms. The first-order valence-electron chi connectivity index (χ1n) is 11.1. The maximum Gasteiger partial charge on any atom is 0.490 e. The zero-order valence-electron chi connectivity index (χ0n) is 18.7. The van der Waals surface area contributed by atoms with E-state index >= 15 is 0 Å². The molecule has 5 rings (SSSR count). The van der Waals surface area contributed by atoms with Crippen molar-refractivity contribution in [3.05, 3.63) is 54.1 Å². The first-order valence-corrected chi connectivity index (χ1v) is 11.1. The number of piperazine rings is 1. The molecule has 0 amide bonds. The van der Waals surface area contributed by atoms with Gasteiger partial charge in [0.2, 0.25) is 0 Å². The van der Waals surface area contributed by atoms with Gasteiger partial charge in [-0.1, -0.05) is 12.1 Å². The highest BCUT2D eigenvalue weighted by Crippen LogP contribution is 2.31. The van der Waals surface area contributed by atoms with E-state index in [-0.39, 0.29) is 5.82 Å². The molecule has 35 heavy (non-hydrogen) atoms. The van der Waals surface area contributed by atoms with Crippen LogP contribution in [0.3, 0.4) is 0 Å². The Kier molecular flexibility index (Phi) is 7.29. The highest BCUT2D eigenvalue weighted by atomic mass is 19.4. The quantitative estimate of drug-likeness (QED) is 0.521. The Morgan fingerprint density at radius 3 is 2.29 bits per heavy atom. The van der Waals surface area contributed by atoms with Gasteiger partial charge < -0.3 is 15.3 Å². The number of alkyl halides is 3. The third kappa shape index (κ3) is 6.75. The van der Waals surface area contributed by atoms with Crippen LogP contribution < -0.4 is 10.2 Å². The molecule has 1 aliphatic carbocycles. The first kappa shape index (κ1) is 24.6.